The number of rotatable bonds is 1. The van der Waals surface area contributed by atoms with Gasteiger partial charge in [-0.3, -0.25) is 0 Å². The van der Waals surface area contributed by atoms with Gasteiger partial charge in [0.2, 0.25) is 0 Å². The van der Waals surface area contributed by atoms with E-state index in [1.165, 1.54) is 11.5 Å². The van der Waals surface area contributed by atoms with Crippen molar-refractivity contribution in [1.82, 2.24) is 9.36 Å². The summed E-state index contributed by atoms with van der Waals surface area (Å²) < 4.78 is 3.57. The third-order valence-electron chi connectivity index (χ3n) is 0.760. The van der Waals surface area contributed by atoms with E-state index in [1.54, 1.807) is 0 Å². The van der Waals surface area contributed by atoms with Crippen molar-refractivity contribution in [2.75, 3.05) is 0 Å². The molecule has 0 atom stereocenters. The smallest absolute Gasteiger partial charge is 0.325 e. The lowest BCUT2D eigenvalue weighted by Gasteiger charge is -1.76. The van der Waals surface area contributed by atoms with E-state index >= 15 is 0 Å². The van der Waals surface area contributed by atoms with Gasteiger partial charge in [-0.15, -0.1) is 4.37 Å². The predicted molar refractivity (Wildman–Crippen MR) is 31.0 cm³/mol. The molecule has 1 heterocycles. The van der Waals surface area contributed by atoms with E-state index in [9.17, 15) is 0 Å². The van der Waals surface area contributed by atoms with Gasteiger partial charge in [-0.1, -0.05) is 6.92 Å². The number of aromatic hydroxyl groups is 1. The molecule has 4 heteroatoms. The third-order valence-corrected chi connectivity index (χ3v) is 1.61. The molecule has 0 spiro atoms. The van der Waals surface area contributed by atoms with E-state index in [-0.39, 0.29) is 6.01 Å². The second-order valence-corrected chi connectivity index (χ2v) is 2.18. The third kappa shape index (κ3) is 0.949. The second kappa shape index (κ2) is 2.09. The Kier molecular flexibility index (Phi) is 1.43. The maximum Gasteiger partial charge on any atom is 0.325 e. The monoisotopic (exact) mass is 130 g/mol. The van der Waals surface area contributed by atoms with Gasteiger partial charge in [0.25, 0.3) is 0 Å². The van der Waals surface area contributed by atoms with Crippen molar-refractivity contribution in [1.29, 1.82) is 0 Å². The van der Waals surface area contributed by atoms with Crippen molar-refractivity contribution in [2.24, 2.45) is 0 Å². The van der Waals surface area contributed by atoms with Gasteiger partial charge in [0.1, 0.15) is 5.01 Å². The molecule has 0 unspecified atom stereocenters. The van der Waals surface area contributed by atoms with Crippen LogP contribution < -0.4 is 0 Å². The molecular formula is C4H6N2OS. The molecular weight excluding hydrogens is 124 g/mol. The Hall–Kier alpha value is -0.640. The van der Waals surface area contributed by atoms with Crippen LogP contribution in [0.3, 0.4) is 0 Å². The summed E-state index contributed by atoms with van der Waals surface area (Å²) in [4.78, 5) is 3.69. The van der Waals surface area contributed by atoms with Crippen LogP contribution in [-0.4, -0.2) is 14.5 Å². The Balaban J connectivity index is 2.84. The van der Waals surface area contributed by atoms with Crippen LogP contribution in [0.4, 0.5) is 0 Å². The first kappa shape index (κ1) is 5.50. The van der Waals surface area contributed by atoms with Gasteiger partial charge in [0, 0.05) is 0 Å². The summed E-state index contributed by atoms with van der Waals surface area (Å²) in [5.74, 6) is 0. The van der Waals surface area contributed by atoms with Crippen LogP contribution in [0, 0.1) is 0 Å². The van der Waals surface area contributed by atoms with E-state index < -0.39 is 0 Å². The van der Waals surface area contributed by atoms with Crippen molar-refractivity contribution in [3.63, 3.8) is 0 Å². The van der Waals surface area contributed by atoms with Crippen LogP contribution in [0.2, 0.25) is 0 Å². The fraction of sp³-hybridized carbons (Fsp3) is 0.500. The molecule has 1 rings (SSSR count). The largest absolute Gasteiger partial charge is 0.478 e. The summed E-state index contributed by atoms with van der Waals surface area (Å²) in [6.07, 6.45) is 0.845. The van der Waals surface area contributed by atoms with Crippen LogP contribution in [0.15, 0.2) is 0 Å². The molecule has 44 valence electrons. The zero-order valence-electron chi connectivity index (χ0n) is 4.46. The molecule has 3 nitrogen and oxygen atoms in total. The molecule has 0 aromatic carbocycles. The summed E-state index contributed by atoms with van der Waals surface area (Å²) in [5, 5.41) is 9.45. The van der Waals surface area contributed by atoms with E-state index in [1.807, 2.05) is 6.92 Å². The highest BCUT2D eigenvalue weighted by Gasteiger charge is 1.95. The van der Waals surface area contributed by atoms with Crippen molar-refractivity contribution < 1.29 is 5.11 Å². The molecule has 0 aliphatic rings. The Morgan fingerprint density at radius 1 is 1.75 bits per heavy atom. The van der Waals surface area contributed by atoms with Gasteiger partial charge >= 0.3 is 6.01 Å². The van der Waals surface area contributed by atoms with Gasteiger partial charge in [-0.2, -0.15) is 4.98 Å². The minimum Gasteiger partial charge on any atom is -0.478 e. The Bertz CT molecular complexity index is 174. The summed E-state index contributed by atoms with van der Waals surface area (Å²) in [6.45, 7) is 1.97. The summed E-state index contributed by atoms with van der Waals surface area (Å²) in [7, 11) is 0. The maximum atomic E-state index is 8.57. The number of hydrogen-bond donors (Lipinski definition) is 1. The molecule has 0 aliphatic carbocycles. The number of aryl methyl sites for hydroxylation is 1. The van der Waals surface area contributed by atoms with Gasteiger partial charge in [0.05, 0.1) is 0 Å². The number of nitrogens with zero attached hydrogens (tertiary/aromatic N) is 2. The van der Waals surface area contributed by atoms with E-state index in [2.05, 4.69) is 9.36 Å². The molecule has 0 aliphatic heterocycles. The minimum absolute atomic E-state index is 0.105. The fourth-order valence-corrected chi connectivity index (χ4v) is 0.869. The highest BCUT2D eigenvalue weighted by Crippen LogP contribution is 2.08. The second-order valence-electron chi connectivity index (χ2n) is 1.34. The molecule has 0 radical (unpaired) electrons. The topological polar surface area (TPSA) is 46.0 Å². The molecule has 1 aromatic rings. The molecule has 0 bridgehead atoms. The molecule has 0 saturated carbocycles. The van der Waals surface area contributed by atoms with E-state index in [0.29, 0.717) is 0 Å². The molecule has 0 fully saturated rings. The van der Waals surface area contributed by atoms with Crippen LogP contribution >= 0.6 is 11.5 Å². The molecule has 8 heavy (non-hydrogen) atoms. The molecule has 0 saturated heterocycles. The lowest BCUT2D eigenvalue weighted by molar-refractivity contribution is 0.437. The van der Waals surface area contributed by atoms with Gasteiger partial charge in [-0.25, -0.2) is 0 Å². The molecule has 0 amide bonds. The van der Waals surface area contributed by atoms with Crippen LogP contribution in [0.1, 0.15) is 11.9 Å². The highest BCUT2D eigenvalue weighted by atomic mass is 32.1. The molecule has 1 N–H and O–H groups in total. The first-order valence-electron chi connectivity index (χ1n) is 2.34. The van der Waals surface area contributed by atoms with Crippen LogP contribution in [-0.2, 0) is 6.42 Å². The summed E-state index contributed by atoms with van der Waals surface area (Å²) in [6, 6.07) is -0.105. The average Bonchev–Trinajstić information content (AvgIpc) is 2.14. The first-order chi connectivity index (χ1) is 3.83. The lowest BCUT2D eigenvalue weighted by atomic mass is 10.5. The van der Waals surface area contributed by atoms with Crippen LogP contribution in [0.25, 0.3) is 0 Å². The van der Waals surface area contributed by atoms with E-state index in [0.717, 1.165) is 11.4 Å². The summed E-state index contributed by atoms with van der Waals surface area (Å²) in [5.41, 5.74) is 0. The molecule has 1 aromatic heterocycles. The zero-order valence-corrected chi connectivity index (χ0v) is 5.27. The number of aromatic nitrogens is 2. The van der Waals surface area contributed by atoms with Crippen molar-refractivity contribution in [2.45, 2.75) is 13.3 Å². The quantitative estimate of drug-likeness (QED) is 0.611. The first-order valence-corrected chi connectivity index (χ1v) is 3.12. The van der Waals surface area contributed by atoms with Crippen LogP contribution in [0.5, 0.6) is 6.01 Å². The Morgan fingerprint density at radius 3 is 2.75 bits per heavy atom. The normalized spacial score (nSPS) is 9.62. The Labute approximate surface area is 51.2 Å². The minimum atomic E-state index is -0.105. The highest BCUT2D eigenvalue weighted by molar-refractivity contribution is 7.05. The predicted octanol–water partition coefficient (Wildman–Crippen LogP) is 0.806. The van der Waals surface area contributed by atoms with Gasteiger partial charge in [-0.05, 0) is 18.0 Å². The zero-order chi connectivity index (χ0) is 5.98. The number of hydrogen-bond acceptors (Lipinski definition) is 4. The van der Waals surface area contributed by atoms with Crippen molar-refractivity contribution in [3.8, 4) is 6.01 Å². The Morgan fingerprint density at radius 2 is 2.50 bits per heavy atom. The maximum absolute atomic E-state index is 8.57. The fourth-order valence-electron chi connectivity index (χ4n) is 0.389. The van der Waals surface area contributed by atoms with Gasteiger partial charge < -0.3 is 5.11 Å². The lowest BCUT2D eigenvalue weighted by Crippen LogP contribution is -1.72. The van der Waals surface area contributed by atoms with Crippen molar-refractivity contribution in [3.05, 3.63) is 5.01 Å². The average molecular weight is 130 g/mol. The van der Waals surface area contributed by atoms with E-state index in [4.69, 9.17) is 5.11 Å². The SMILES string of the molecule is CCc1nc(O)ns1. The van der Waals surface area contributed by atoms with Gasteiger partial charge in [0.15, 0.2) is 0 Å². The van der Waals surface area contributed by atoms with Crippen molar-refractivity contribution >= 4 is 11.5 Å². The summed E-state index contributed by atoms with van der Waals surface area (Å²) >= 11 is 1.24. The standard InChI is InChI=1S/C4H6N2OS/c1-2-3-5-4(7)6-8-3/h2H2,1H3,(H,6,7).